The Balaban J connectivity index is 2.08. The van der Waals surface area contributed by atoms with Gasteiger partial charge in [0.05, 0.1) is 21.8 Å². The number of carbonyl (C=O) groups excluding carboxylic acids is 1. The lowest BCUT2D eigenvalue weighted by atomic mass is 9.98. The highest BCUT2D eigenvalue weighted by atomic mass is 32.2. The van der Waals surface area contributed by atoms with E-state index in [9.17, 15) is 9.59 Å². The first-order valence-electron chi connectivity index (χ1n) is 10.1. The number of aromatic nitrogens is 2. The molecule has 6 heteroatoms. The van der Waals surface area contributed by atoms with E-state index in [0.29, 0.717) is 28.5 Å². The van der Waals surface area contributed by atoms with Crippen molar-refractivity contribution >= 4 is 28.6 Å². The van der Waals surface area contributed by atoms with Gasteiger partial charge in [0.1, 0.15) is 0 Å². The number of amides is 1. The topological polar surface area (TPSA) is 64.0 Å². The molecule has 0 saturated carbocycles. The van der Waals surface area contributed by atoms with E-state index in [2.05, 4.69) is 37.9 Å². The normalized spacial score (nSPS) is 13.0. The minimum absolute atomic E-state index is 0.124. The highest BCUT2D eigenvalue weighted by molar-refractivity contribution is 8.00. The summed E-state index contributed by atoms with van der Waals surface area (Å²) in [5, 5.41) is 3.43. The number of nitrogens with zero attached hydrogens (tertiary/aromatic N) is 2. The van der Waals surface area contributed by atoms with E-state index in [4.69, 9.17) is 4.98 Å². The maximum absolute atomic E-state index is 13.3. The zero-order valence-electron chi connectivity index (χ0n) is 17.6. The molecular formula is C24H27N3O2S. The molecule has 3 rings (SSSR count). The molecule has 1 amide bonds. The second-order valence-electron chi connectivity index (χ2n) is 7.25. The Labute approximate surface area is 181 Å². The lowest BCUT2D eigenvalue weighted by Gasteiger charge is -2.17. The van der Waals surface area contributed by atoms with Crippen LogP contribution in [-0.2, 0) is 4.79 Å². The van der Waals surface area contributed by atoms with Gasteiger partial charge in [-0.2, -0.15) is 0 Å². The van der Waals surface area contributed by atoms with Gasteiger partial charge in [-0.05, 0) is 49.1 Å². The van der Waals surface area contributed by atoms with Crippen LogP contribution in [0.2, 0.25) is 0 Å². The number of hydrogen-bond donors (Lipinski definition) is 1. The first-order chi connectivity index (χ1) is 14.5. The molecule has 0 aliphatic heterocycles. The number of nitrogens with one attached hydrogen (secondary N) is 1. The smallest absolute Gasteiger partial charge is 0.266 e. The van der Waals surface area contributed by atoms with Crippen molar-refractivity contribution in [3.05, 3.63) is 77.1 Å². The molecule has 0 radical (unpaired) electrons. The fourth-order valence-electron chi connectivity index (χ4n) is 3.13. The Hall–Kier alpha value is -2.86. The maximum Gasteiger partial charge on any atom is 0.266 e. The van der Waals surface area contributed by atoms with Crippen molar-refractivity contribution in [2.75, 3.05) is 6.54 Å². The highest BCUT2D eigenvalue weighted by Gasteiger charge is 2.20. The average molecular weight is 422 g/mol. The van der Waals surface area contributed by atoms with Gasteiger partial charge >= 0.3 is 0 Å². The van der Waals surface area contributed by atoms with Crippen molar-refractivity contribution in [3.8, 4) is 5.69 Å². The van der Waals surface area contributed by atoms with E-state index in [1.807, 2.05) is 30.3 Å². The molecule has 1 heterocycles. The molecular weight excluding hydrogens is 394 g/mol. The van der Waals surface area contributed by atoms with Crippen LogP contribution in [-0.4, -0.2) is 27.3 Å². The van der Waals surface area contributed by atoms with Crippen molar-refractivity contribution in [1.82, 2.24) is 14.9 Å². The molecule has 2 atom stereocenters. The molecule has 1 aromatic heterocycles. The predicted molar refractivity (Wildman–Crippen MR) is 125 cm³/mol. The Bertz CT molecular complexity index is 1110. The number of thioether (sulfide) groups is 1. The average Bonchev–Trinajstić information content (AvgIpc) is 2.77. The Morgan fingerprint density at radius 1 is 1.20 bits per heavy atom. The molecule has 2 aromatic carbocycles. The van der Waals surface area contributed by atoms with Crippen LogP contribution in [0.15, 0.2) is 71.1 Å². The van der Waals surface area contributed by atoms with Crippen molar-refractivity contribution < 1.29 is 4.79 Å². The monoisotopic (exact) mass is 421 g/mol. The molecule has 0 unspecified atom stereocenters. The summed E-state index contributed by atoms with van der Waals surface area (Å²) in [6.45, 7) is 10.2. The third-order valence-corrected chi connectivity index (χ3v) is 6.20. The first-order valence-corrected chi connectivity index (χ1v) is 11.0. The molecule has 3 aromatic rings. The minimum atomic E-state index is -0.413. The Morgan fingerprint density at radius 3 is 2.57 bits per heavy atom. The summed E-state index contributed by atoms with van der Waals surface area (Å²) in [6, 6.07) is 15.3. The van der Waals surface area contributed by atoms with Gasteiger partial charge in [0, 0.05) is 6.54 Å². The number of carbonyl (C=O) groups is 1. The van der Waals surface area contributed by atoms with Crippen molar-refractivity contribution in [1.29, 1.82) is 0 Å². The van der Waals surface area contributed by atoms with E-state index in [-0.39, 0.29) is 11.5 Å². The fourth-order valence-corrected chi connectivity index (χ4v) is 4.09. The van der Waals surface area contributed by atoms with Crippen LogP contribution in [0.3, 0.4) is 0 Å². The summed E-state index contributed by atoms with van der Waals surface area (Å²) >= 11 is 1.27. The van der Waals surface area contributed by atoms with Crippen LogP contribution in [0.25, 0.3) is 16.6 Å². The van der Waals surface area contributed by atoms with Crippen LogP contribution in [0.5, 0.6) is 0 Å². The number of hydrogen-bond acceptors (Lipinski definition) is 4. The Morgan fingerprint density at radius 2 is 1.90 bits per heavy atom. The summed E-state index contributed by atoms with van der Waals surface area (Å²) in [6.07, 6.45) is 2.69. The standard InChI is InChI=1S/C24H27N3O2S/c1-5-15-25-22(28)17(4)30-24-26-21-10-8-7-9-20(21)23(29)27(24)19-13-11-18(12-14-19)16(3)6-2/h5,7-14,16-17H,1,6,15H2,2-4H3,(H,25,28)/t16-,17+/m0/s1. The quantitative estimate of drug-likeness (QED) is 0.326. The van der Waals surface area contributed by atoms with Gasteiger partial charge in [-0.3, -0.25) is 14.2 Å². The van der Waals surface area contributed by atoms with Crippen molar-refractivity contribution in [3.63, 3.8) is 0 Å². The van der Waals surface area contributed by atoms with Gasteiger partial charge < -0.3 is 5.32 Å². The van der Waals surface area contributed by atoms with E-state index < -0.39 is 5.25 Å². The zero-order valence-corrected chi connectivity index (χ0v) is 18.4. The van der Waals surface area contributed by atoms with Gasteiger partial charge in [0.15, 0.2) is 5.16 Å². The van der Waals surface area contributed by atoms with Crippen LogP contribution in [0.1, 0.15) is 38.7 Å². The van der Waals surface area contributed by atoms with Crippen LogP contribution in [0, 0.1) is 0 Å². The number of para-hydroxylation sites is 1. The van der Waals surface area contributed by atoms with Gasteiger partial charge in [-0.1, -0.05) is 56.0 Å². The number of benzene rings is 2. The largest absolute Gasteiger partial charge is 0.352 e. The molecule has 30 heavy (non-hydrogen) atoms. The SMILES string of the molecule is C=CCNC(=O)[C@@H](C)Sc1nc2ccccc2c(=O)n1-c1ccc([C@@H](C)CC)cc1. The second kappa shape index (κ2) is 9.76. The molecule has 0 aliphatic carbocycles. The third-order valence-electron chi connectivity index (χ3n) is 5.15. The summed E-state index contributed by atoms with van der Waals surface area (Å²) in [4.78, 5) is 30.4. The second-order valence-corrected chi connectivity index (χ2v) is 8.55. The Kier molecular flexibility index (Phi) is 7.11. The van der Waals surface area contributed by atoms with E-state index >= 15 is 0 Å². The summed E-state index contributed by atoms with van der Waals surface area (Å²) < 4.78 is 1.60. The maximum atomic E-state index is 13.3. The van der Waals surface area contributed by atoms with Crippen molar-refractivity contribution in [2.24, 2.45) is 0 Å². The molecule has 0 spiro atoms. The van der Waals surface area contributed by atoms with Gasteiger partial charge in [0.25, 0.3) is 5.56 Å². The molecule has 0 bridgehead atoms. The van der Waals surface area contributed by atoms with E-state index in [1.165, 1.54) is 17.3 Å². The van der Waals surface area contributed by atoms with Crippen LogP contribution < -0.4 is 10.9 Å². The fraction of sp³-hybridized carbons (Fsp3) is 0.292. The third kappa shape index (κ3) is 4.65. The van der Waals surface area contributed by atoms with Gasteiger partial charge in [0.2, 0.25) is 5.91 Å². The molecule has 0 saturated heterocycles. The van der Waals surface area contributed by atoms with Gasteiger partial charge in [-0.15, -0.1) is 6.58 Å². The lowest BCUT2D eigenvalue weighted by molar-refractivity contribution is -0.120. The van der Waals surface area contributed by atoms with Gasteiger partial charge in [-0.25, -0.2) is 4.98 Å². The van der Waals surface area contributed by atoms with Crippen molar-refractivity contribution in [2.45, 2.75) is 43.5 Å². The molecule has 0 fully saturated rings. The first kappa shape index (κ1) is 21.8. The molecule has 156 valence electrons. The predicted octanol–water partition coefficient (Wildman–Crippen LogP) is 4.68. The molecule has 0 aliphatic rings. The molecule has 5 nitrogen and oxygen atoms in total. The molecule has 1 N–H and O–H groups in total. The van der Waals surface area contributed by atoms with E-state index in [1.54, 1.807) is 23.6 Å². The zero-order chi connectivity index (χ0) is 21.7. The van der Waals surface area contributed by atoms with E-state index in [0.717, 1.165) is 12.1 Å². The number of fused-ring (bicyclic) bond motifs is 1. The van der Waals surface area contributed by atoms with Crippen LogP contribution in [0.4, 0.5) is 0 Å². The summed E-state index contributed by atoms with van der Waals surface area (Å²) in [5.41, 5.74) is 2.45. The lowest BCUT2D eigenvalue weighted by Crippen LogP contribution is -2.32. The highest BCUT2D eigenvalue weighted by Crippen LogP contribution is 2.26. The van der Waals surface area contributed by atoms with Crippen LogP contribution >= 0.6 is 11.8 Å². The number of rotatable bonds is 8. The minimum Gasteiger partial charge on any atom is -0.352 e. The summed E-state index contributed by atoms with van der Waals surface area (Å²) in [5.74, 6) is 0.328. The summed E-state index contributed by atoms with van der Waals surface area (Å²) in [7, 11) is 0.